The van der Waals surface area contributed by atoms with E-state index in [1.807, 2.05) is 12.1 Å². The maximum Gasteiger partial charge on any atom is 0.117 e. The standard InChI is InChI=1S/C19H27N3O3/c1-23-14-18-19-16(4-7-21(18)13-17-3-2-8-25-17)11-20-22(19)12-15-5-9-24-10-6-15/h2-3,8,11,15,18H,4-7,9-10,12-14H2,1H3/t18-/m0/s1. The highest BCUT2D eigenvalue weighted by Crippen LogP contribution is 2.32. The molecule has 0 spiro atoms. The third kappa shape index (κ3) is 3.66. The van der Waals surface area contributed by atoms with Crippen LogP contribution in [0.3, 0.4) is 0 Å². The van der Waals surface area contributed by atoms with E-state index in [9.17, 15) is 0 Å². The number of hydrogen-bond acceptors (Lipinski definition) is 5. The average molecular weight is 345 g/mol. The molecule has 2 aromatic heterocycles. The first-order chi connectivity index (χ1) is 12.3. The molecule has 0 radical (unpaired) electrons. The van der Waals surface area contributed by atoms with Crippen LogP contribution >= 0.6 is 0 Å². The van der Waals surface area contributed by atoms with Gasteiger partial charge in [0.1, 0.15) is 5.76 Å². The van der Waals surface area contributed by atoms with Crippen LogP contribution < -0.4 is 0 Å². The highest BCUT2D eigenvalue weighted by Gasteiger charge is 2.32. The molecule has 0 aromatic carbocycles. The lowest BCUT2D eigenvalue weighted by Gasteiger charge is -2.36. The summed E-state index contributed by atoms with van der Waals surface area (Å²) in [6.07, 6.45) is 7.08. The van der Waals surface area contributed by atoms with Gasteiger partial charge in [0.05, 0.1) is 37.3 Å². The summed E-state index contributed by atoms with van der Waals surface area (Å²) in [5.41, 5.74) is 2.69. The molecule has 0 N–H and O–H groups in total. The molecule has 6 nitrogen and oxygen atoms in total. The van der Waals surface area contributed by atoms with Gasteiger partial charge in [0, 0.05) is 33.4 Å². The van der Waals surface area contributed by atoms with E-state index in [-0.39, 0.29) is 6.04 Å². The zero-order valence-corrected chi connectivity index (χ0v) is 14.9. The van der Waals surface area contributed by atoms with Crippen LogP contribution in [0.2, 0.25) is 0 Å². The summed E-state index contributed by atoms with van der Waals surface area (Å²) in [5.74, 6) is 1.65. The molecular weight excluding hydrogens is 318 g/mol. The highest BCUT2D eigenvalue weighted by molar-refractivity contribution is 5.25. The Balaban J connectivity index is 1.56. The fourth-order valence-corrected chi connectivity index (χ4v) is 4.06. The van der Waals surface area contributed by atoms with Gasteiger partial charge in [0.25, 0.3) is 0 Å². The van der Waals surface area contributed by atoms with E-state index in [0.717, 1.165) is 57.9 Å². The Bertz CT molecular complexity index is 662. The van der Waals surface area contributed by atoms with Gasteiger partial charge in [-0.3, -0.25) is 9.58 Å². The van der Waals surface area contributed by atoms with Crippen molar-refractivity contribution in [3.8, 4) is 0 Å². The maximum absolute atomic E-state index is 5.57. The van der Waals surface area contributed by atoms with Gasteiger partial charge in [-0.05, 0) is 42.9 Å². The number of hydrogen-bond donors (Lipinski definition) is 0. The SMILES string of the molecule is COC[C@H]1c2c(cnn2CC2CCOCC2)CCN1Cc1ccco1. The van der Waals surface area contributed by atoms with Crippen LogP contribution in [0.5, 0.6) is 0 Å². The second kappa shape index (κ2) is 7.72. The predicted molar refractivity (Wildman–Crippen MR) is 93.2 cm³/mol. The average Bonchev–Trinajstić information content (AvgIpc) is 3.28. The number of rotatable bonds is 6. The topological polar surface area (TPSA) is 52.7 Å². The van der Waals surface area contributed by atoms with Crippen molar-refractivity contribution in [2.75, 3.05) is 33.5 Å². The third-order valence-electron chi connectivity index (χ3n) is 5.42. The molecule has 25 heavy (non-hydrogen) atoms. The van der Waals surface area contributed by atoms with Gasteiger partial charge < -0.3 is 13.9 Å². The summed E-state index contributed by atoms with van der Waals surface area (Å²) in [6, 6.07) is 4.21. The molecule has 2 aliphatic heterocycles. The van der Waals surface area contributed by atoms with E-state index in [0.29, 0.717) is 12.5 Å². The van der Waals surface area contributed by atoms with Crippen LogP contribution in [0.4, 0.5) is 0 Å². The molecule has 1 saturated heterocycles. The summed E-state index contributed by atoms with van der Waals surface area (Å²) < 4.78 is 18.9. The van der Waals surface area contributed by atoms with Crippen LogP contribution in [0, 0.1) is 5.92 Å². The van der Waals surface area contributed by atoms with Gasteiger partial charge in [0.2, 0.25) is 0 Å². The molecule has 0 amide bonds. The molecule has 4 heterocycles. The molecule has 0 aliphatic carbocycles. The number of aromatic nitrogens is 2. The van der Waals surface area contributed by atoms with Crippen molar-refractivity contribution < 1.29 is 13.9 Å². The lowest BCUT2D eigenvalue weighted by Crippen LogP contribution is -2.38. The van der Waals surface area contributed by atoms with Crippen LogP contribution in [-0.2, 0) is 29.0 Å². The van der Waals surface area contributed by atoms with Gasteiger partial charge in [-0.25, -0.2) is 0 Å². The zero-order valence-electron chi connectivity index (χ0n) is 14.9. The molecule has 6 heteroatoms. The van der Waals surface area contributed by atoms with Crippen molar-refractivity contribution in [2.45, 2.75) is 38.4 Å². The maximum atomic E-state index is 5.57. The first-order valence-corrected chi connectivity index (χ1v) is 9.23. The van der Waals surface area contributed by atoms with E-state index in [1.54, 1.807) is 13.4 Å². The summed E-state index contributed by atoms with van der Waals surface area (Å²) >= 11 is 0. The molecule has 0 unspecified atom stereocenters. The van der Waals surface area contributed by atoms with Crippen molar-refractivity contribution in [3.05, 3.63) is 41.6 Å². The van der Waals surface area contributed by atoms with Crippen molar-refractivity contribution in [1.29, 1.82) is 0 Å². The number of methoxy groups -OCH3 is 1. The molecule has 2 aliphatic rings. The lowest BCUT2D eigenvalue weighted by molar-refractivity contribution is 0.0534. The monoisotopic (exact) mass is 345 g/mol. The Morgan fingerprint density at radius 3 is 2.96 bits per heavy atom. The van der Waals surface area contributed by atoms with Crippen LogP contribution in [0.25, 0.3) is 0 Å². The zero-order chi connectivity index (χ0) is 17.1. The minimum absolute atomic E-state index is 0.223. The largest absolute Gasteiger partial charge is 0.468 e. The molecule has 1 atom stereocenters. The molecule has 0 saturated carbocycles. The van der Waals surface area contributed by atoms with E-state index in [1.165, 1.54) is 11.3 Å². The van der Waals surface area contributed by atoms with E-state index in [4.69, 9.17) is 19.0 Å². The van der Waals surface area contributed by atoms with Crippen molar-refractivity contribution in [1.82, 2.24) is 14.7 Å². The number of ether oxygens (including phenoxy) is 2. The molecule has 136 valence electrons. The number of nitrogens with zero attached hydrogens (tertiary/aromatic N) is 3. The minimum Gasteiger partial charge on any atom is -0.468 e. The fraction of sp³-hybridized carbons (Fsp3) is 0.632. The van der Waals surface area contributed by atoms with Crippen LogP contribution in [-0.4, -0.2) is 48.2 Å². The smallest absolute Gasteiger partial charge is 0.117 e. The quantitative estimate of drug-likeness (QED) is 0.806. The molecular formula is C19H27N3O3. The number of fused-ring (bicyclic) bond motifs is 1. The Kier molecular flexibility index (Phi) is 5.20. The summed E-state index contributed by atoms with van der Waals surface area (Å²) in [5, 5.41) is 4.73. The second-order valence-electron chi connectivity index (χ2n) is 7.06. The van der Waals surface area contributed by atoms with Crippen molar-refractivity contribution in [2.24, 2.45) is 5.92 Å². The third-order valence-corrected chi connectivity index (χ3v) is 5.42. The molecule has 2 aromatic rings. The second-order valence-corrected chi connectivity index (χ2v) is 7.06. The van der Waals surface area contributed by atoms with Gasteiger partial charge in [0.15, 0.2) is 0 Å². The Hall–Kier alpha value is -1.63. The molecule has 4 rings (SSSR count). The van der Waals surface area contributed by atoms with Gasteiger partial charge in [-0.1, -0.05) is 0 Å². The summed E-state index contributed by atoms with van der Waals surface area (Å²) in [6.45, 7) is 5.22. The Labute approximate surface area is 148 Å². The first-order valence-electron chi connectivity index (χ1n) is 9.23. The van der Waals surface area contributed by atoms with Gasteiger partial charge in [-0.15, -0.1) is 0 Å². The van der Waals surface area contributed by atoms with Crippen LogP contribution in [0.1, 0.15) is 35.9 Å². The molecule has 1 fully saturated rings. The van der Waals surface area contributed by atoms with E-state index < -0.39 is 0 Å². The Morgan fingerprint density at radius 2 is 2.20 bits per heavy atom. The van der Waals surface area contributed by atoms with E-state index >= 15 is 0 Å². The van der Waals surface area contributed by atoms with Crippen molar-refractivity contribution >= 4 is 0 Å². The predicted octanol–water partition coefficient (Wildman–Crippen LogP) is 2.65. The van der Waals surface area contributed by atoms with Crippen LogP contribution in [0.15, 0.2) is 29.0 Å². The lowest BCUT2D eigenvalue weighted by atomic mass is 9.97. The van der Waals surface area contributed by atoms with Gasteiger partial charge >= 0.3 is 0 Å². The summed E-state index contributed by atoms with van der Waals surface area (Å²) in [7, 11) is 1.78. The fourth-order valence-electron chi connectivity index (χ4n) is 4.06. The summed E-state index contributed by atoms with van der Waals surface area (Å²) in [4.78, 5) is 2.45. The minimum atomic E-state index is 0.223. The Morgan fingerprint density at radius 1 is 1.32 bits per heavy atom. The highest BCUT2D eigenvalue weighted by atomic mass is 16.5. The van der Waals surface area contributed by atoms with Crippen molar-refractivity contribution in [3.63, 3.8) is 0 Å². The van der Waals surface area contributed by atoms with Gasteiger partial charge in [-0.2, -0.15) is 5.10 Å². The first kappa shape index (κ1) is 16.8. The number of furan rings is 1. The molecule has 0 bridgehead atoms. The van der Waals surface area contributed by atoms with E-state index in [2.05, 4.69) is 15.8 Å². The normalized spacial score (nSPS) is 22.2.